The third-order valence-electron chi connectivity index (χ3n) is 5.40. The molecular weight excluding hydrogens is 368 g/mol. The molecule has 1 saturated heterocycles. The smallest absolute Gasteiger partial charge is 0.325 e. The van der Waals surface area contributed by atoms with Crippen molar-refractivity contribution in [3.63, 3.8) is 0 Å². The quantitative estimate of drug-likeness (QED) is 0.304. The van der Waals surface area contributed by atoms with Gasteiger partial charge in [-0.2, -0.15) is 5.10 Å². The number of hydrogen-bond acceptors (Lipinski definition) is 6. The first-order chi connectivity index (χ1) is 13.2. The monoisotopic (exact) mass is 392 g/mol. The Balaban J connectivity index is 1.46. The number of amides is 4. The lowest BCUT2D eigenvalue weighted by Crippen LogP contribution is -2.44. The highest BCUT2D eigenvalue weighted by Gasteiger charge is 2.51. The van der Waals surface area contributed by atoms with E-state index in [9.17, 15) is 24.5 Å². The summed E-state index contributed by atoms with van der Waals surface area (Å²) in [6.45, 7) is 3.45. The molecule has 0 aromatic carbocycles. The highest BCUT2D eigenvalue weighted by atomic mass is 16.6. The van der Waals surface area contributed by atoms with Crippen molar-refractivity contribution >= 4 is 23.5 Å². The first-order valence-corrected chi connectivity index (χ1v) is 9.34. The van der Waals surface area contributed by atoms with Crippen molar-refractivity contribution in [2.45, 2.75) is 58.0 Å². The molecule has 1 saturated carbocycles. The molecule has 4 amide bonds. The van der Waals surface area contributed by atoms with Gasteiger partial charge in [-0.1, -0.05) is 12.8 Å². The van der Waals surface area contributed by atoms with Gasteiger partial charge in [0, 0.05) is 13.1 Å². The summed E-state index contributed by atoms with van der Waals surface area (Å²) in [6, 6.07) is -0.367. The minimum atomic E-state index is -0.718. The number of hydrogen-bond donors (Lipinski definition) is 2. The maximum Gasteiger partial charge on any atom is 0.325 e. The number of carbonyl (C=O) groups excluding carboxylic acids is 3. The minimum Gasteiger partial charge on any atom is -0.354 e. The molecule has 28 heavy (non-hydrogen) atoms. The van der Waals surface area contributed by atoms with Gasteiger partial charge in [0.2, 0.25) is 5.91 Å². The van der Waals surface area contributed by atoms with Crippen LogP contribution in [0.15, 0.2) is 0 Å². The topological polar surface area (TPSA) is 139 Å². The summed E-state index contributed by atoms with van der Waals surface area (Å²) in [5, 5.41) is 20.6. The SMILES string of the molecule is Cc1nn(CC(=O)NCCCN2C(=O)NC3(CCCC3)C2=O)c(C)c1[N+](=O)[O-]. The number of carbonyl (C=O) groups is 3. The average Bonchev–Trinajstić information content (AvgIpc) is 3.25. The Bertz CT molecular complexity index is 826. The number of nitro groups is 1. The second-order valence-corrected chi connectivity index (χ2v) is 7.31. The van der Waals surface area contributed by atoms with Gasteiger partial charge in [-0.3, -0.25) is 29.3 Å². The van der Waals surface area contributed by atoms with E-state index in [1.54, 1.807) is 6.92 Å². The normalized spacial score (nSPS) is 18.0. The fraction of sp³-hybridized carbons (Fsp3) is 0.647. The summed E-state index contributed by atoms with van der Waals surface area (Å²) >= 11 is 0. The zero-order chi connectivity index (χ0) is 20.5. The van der Waals surface area contributed by atoms with Crippen molar-refractivity contribution in [2.24, 2.45) is 0 Å². The maximum absolute atomic E-state index is 12.5. The van der Waals surface area contributed by atoms with Gasteiger partial charge in [0.25, 0.3) is 5.91 Å². The predicted molar refractivity (Wildman–Crippen MR) is 97.4 cm³/mol. The van der Waals surface area contributed by atoms with Crippen LogP contribution in [0.4, 0.5) is 10.5 Å². The van der Waals surface area contributed by atoms with Gasteiger partial charge < -0.3 is 10.6 Å². The van der Waals surface area contributed by atoms with Crippen LogP contribution in [0.1, 0.15) is 43.5 Å². The van der Waals surface area contributed by atoms with Crippen molar-refractivity contribution in [3.8, 4) is 0 Å². The van der Waals surface area contributed by atoms with Crippen LogP contribution in [0, 0.1) is 24.0 Å². The standard InChI is InChI=1S/C17H24N6O5/c1-11-14(23(27)28)12(2)22(20-11)10-13(24)18-8-5-9-21-15(25)17(19-16(21)26)6-3-4-7-17/h3-10H2,1-2H3,(H,18,24)(H,19,26). The van der Waals surface area contributed by atoms with Crippen molar-refractivity contribution in [1.29, 1.82) is 0 Å². The molecule has 0 unspecified atom stereocenters. The third kappa shape index (κ3) is 3.56. The average molecular weight is 392 g/mol. The first kappa shape index (κ1) is 19.8. The highest BCUT2D eigenvalue weighted by molar-refractivity contribution is 6.07. The van der Waals surface area contributed by atoms with E-state index < -0.39 is 10.5 Å². The number of imide groups is 1. The van der Waals surface area contributed by atoms with Crippen LogP contribution < -0.4 is 10.6 Å². The summed E-state index contributed by atoms with van der Waals surface area (Å²) in [6.07, 6.45) is 3.65. The van der Waals surface area contributed by atoms with E-state index in [4.69, 9.17) is 0 Å². The lowest BCUT2D eigenvalue weighted by molar-refractivity contribution is -0.386. The molecule has 11 heteroatoms. The van der Waals surface area contributed by atoms with Crippen LogP contribution in [0.2, 0.25) is 0 Å². The van der Waals surface area contributed by atoms with E-state index in [0.29, 0.717) is 25.0 Å². The third-order valence-corrected chi connectivity index (χ3v) is 5.40. The lowest BCUT2D eigenvalue weighted by atomic mass is 9.98. The van der Waals surface area contributed by atoms with E-state index in [-0.39, 0.29) is 48.9 Å². The van der Waals surface area contributed by atoms with Crippen LogP contribution in [-0.2, 0) is 16.1 Å². The Hall–Kier alpha value is -2.98. The van der Waals surface area contributed by atoms with E-state index in [2.05, 4.69) is 15.7 Å². The number of nitrogens with zero attached hydrogens (tertiary/aromatic N) is 4. The van der Waals surface area contributed by atoms with Gasteiger partial charge in [-0.05, 0) is 33.1 Å². The predicted octanol–water partition coefficient (Wildman–Crippen LogP) is 0.779. The molecule has 11 nitrogen and oxygen atoms in total. The van der Waals surface area contributed by atoms with Gasteiger partial charge >= 0.3 is 11.7 Å². The number of nitrogens with one attached hydrogen (secondary N) is 2. The summed E-state index contributed by atoms with van der Waals surface area (Å²) in [5.41, 5.74) is -0.231. The Labute approximate surface area is 161 Å². The van der Waals surface area contributed by atoms with Crippen molar-refractivity contribution in [1.82, 2.24) is 25.3 Å². The van der Waals surface area contributed by atoms with Crippen LogP contribution in [0.3, 0.4) is 0 Å². The molecule has 3 rings (SSSR count). The van der Waals surface area contributed by atoms with Gasteiger partial charge in [-0.25, -0.2) is 4.79 Å². The Morgan fingerprint density at radius 2 is 2.00 bits per heavy atom. The molecule has 2 heterocycles. The van der Waals surface area contributed by atoms with Crippen molar-refractivity contribution in [3.05, 3.63) is 21.5 Å². The molecule has 1 spiro atoms. The molecule has 0 bridgehead atoms. The van der Waals surface area contributed by atoms with Crippen LogP contribution >= 0.6 is 0 Å². The van der Waals surface area contributed by atoms with Crippen LogP contribution in [0.5, 0.6) is 0 Å². The number of rotatable bonds is 7. The summed E-state index contributed by atoms with van der Waals surface area (Å²) in [7, 11) is 0. The summed E-state index contributed by atoms with van der Waals surface area (Å²) < 4.78 is 1.30. The number of urea groups is 1. The largest absolute Gasteiger partial charge is 0.354 e. The van der Waals surface area contributed by atoms with E-state index >= 15 is 0 Å². The molecule has 1 aliphatic carbocycles. The molecule has 1 aliphatic heterocycles. The van der Waals surface area contributed by atoms with Crippen molar-refractivity contribution in [2.75, 3.05) is 13.1 Å². The molecule has 1 aromatic heterocycles. The van der Waals surface area contributed by atoms with Crippen LogP contribution in [-0.4, -0.2) is 56.1 Å². The molecular formula is C17H24N6O5. The fourth-order valence-electron chi connectivity index (χ4n) is 3.96. The maximum atomic E-state index is 12.5. The zero-order valence-electron chi connectivity index (χ0n) is 16.0. The number of aromatic nitrogens is 2. The summed E-state index contributed by atoms with van der Waals surface area (Å²) in [4.78, 5) is 48.4. The molecule has 2 fully saturated rings. The van der Waals surface area contributed by atoms with Gasteiger partial charge in [-0.15, -0.1) is 0 Å². The van der Waals surface area contributed by atoms with E-state index in [1.807, 2.05) is 0 Å². The molecule has 2 aliphatic rings. The summed E-state index contributed by atoms with van der Waals surface area (Å²) in [5.74, 6) is -0.513. The van der Waals surface area contributed by atoms with Crippen LogP contribution in [0.25, 0.3) is 0 Å². The Kier molecular flexibility index (Phi) is 5.34. The Morgan fingerprint density at radius 1 is 1.32 bits per heavy atom. The van der Waals surface area contributed by atoms with Gasteiger partial charge in [0.1, 0.15) is 23.5 Å². The molecule has 152 valence electrons. The molecule has 1 aromatic rings. The minimum absolute atomic E-state index is 0.0906. The second kappa shape index (κ2) is 7.56. The highest BCUT2D eigenvalue weighted by Crippen LogP contribution is 2.34. The van der Waals surface area contributed by atoms with E-state index in [0.717, 1.165) is 12.8 Å². The second-order valence-electron chi connectivity index (χ2n) is 7.31. The fourth-order valence-corrected chi connectivity index (χ4v) is 3.96. The first-order valence-electron chi connectivity index (χ1n) is 9.34. The molecule has 2 N–H and O–H groups in total. The Morgan fingerprint density at radius 3 is 2.61 bits per heavy atom. The zero-order valence-corrected chi connectivity index (χ0v) is 16.0. The van der Waals surface area contributed by atoms with Gasteiger partial charge in [0.15, 0.2) is 0 Å². The molecule has 0 radical (unpaired) electrons. The number of aryl methyl sites for hydroxylation is 1. The van der Waals surface area contributed by atoms with Gasteiger partial charge in [0.05, 0.1) is 4.92 Å². The lowest BCUT2D eigenvalue weighted by Gasteiger charge is -2.20. The van der Waals surface area contributed by atoms with E-state index in [1.165, 1.54) is 16.5 Å². The molecule has 0 atom stereocenters. The van der Waals surface area contributed by atoms with Crippen molar-refractivity contribution < 1.29 is 19.3 Å².